The lowest BCUT2D eigenvalue weighted by molar-refractivity contribution is -0.117. The quantitative estimate of drug-likeness (QED) is 0.360. The van der Waals surface area contributed by atoms with Crippen LogP contribution >= 0.6 is 0 Å². The van der Waals surface area contributed by atoms with Crippen LogP contribution in [0.15, 0.2) is 0 Å². The van der Waals surface area contributed by atoms with Gasteiger partial charge in [0.25, 0.3) is 0 Å². The smallest absolute Gasteiger partial charge is 0.231 e. The molecular formula is C8H19N3O3. The molecule has 1 amide bonds. The number of nitrogens with two attached hydrogens (primary N) is 2. The molecule has 0 fully saturated rings. The molecule has 0 saturated carbocycles. The topological polar surface area (TPSA) is 99.6 Å². The Labute approximate surface area is 83.9 Å². The highest BCUT2D eigenvalue weighted by Gasteiger charge is 1.92. The van der Waals surface area contributed by atoms with Crippen LogP contribution in [-0.4, -0.2) is 52.0 Å². The minimum atomic E-state index is -0.365. The molecule has 6 nitrogen and oxygen atoms in total. The van der Waals surface area contributed by atoms with Crippen molar-refractivity contribution in [2.75, 3.05) is 46.1 Å². The lowest BCUT2D eigenvalue weighted by Crippen LogP contribution is -2.31. The van der Waals surface area contributed by atoms with Crippen molar-refractivity contribution in [1.29, 1.82) is 0 Å². The largest absolute Gasteiger partial charge is 0.378 e. The van der Waals surface area contributed by atoms with Crippen LogP contribution < -0.4 is 16.8 Å². The summed E-state index contributed by atoms with van der Waals surface area (Å²) in [4.78, 5) is 10.3. The number of ether oxygens (including phenoxy) is 2. The summed E-state index contributed by atoms with van der Waals surface area (Å²) in [6.07, 6.45) is 0. The normalized spacial score (nSPS) is 10.4. The first kappa shape index (κ1) is 13.3. The molecule has 0 atom stereocenters. The van der Waals surface area contributed by atoms with E-state index in [9.17, 15) is 4.79 Å². The predicted molar refractivity (Wildman–Crippen MR) is 52.8 cm³/mol. The monoisotopic (exact) mass is 205 g/mol. The molecule has 0 heterocycles. The summed E-state index contributed by atoms with van der Waals surface area (Å²) in [6.45, 7) is 3.51. The van der Waals surface area contributed by atoms with Crippen molar-refractivity contribution in [3.8, 4) is 0 Å². The molecule has 0 aromatic rings. The second kappa shape index (κ2) is 10.4. The van der Waals surface area contributed by atoms with E-state index < -0.39 is 0 Å². The molecular weight excluding hydrogens is 186 g/mol. The average Bonchev–Trinajstić information content (AvgIpc) is 2.15. The second-order valence-electron chi connectivity index (χ2n) is 2.66. The molecule has 0 radical (unpaired) electrons. The Morgan fingerprint density at radius 3 is 2.36 bits per heavy atom. The Hall–Kier alpha value is -0.690. The molecule has 0 bridgehead atoms. The van der Waals surface area contributed by atoms with Crippen LogP contribution in [-0.2, 0) is 14.3 Å². The highest BCUT2D eigenvalue weighted by atomic mass is 16.5. The number of nitrogens with one attached hydrogen (secondary N) is 1. The first-order valence-corrected chi connectivity index (χ1v) is 4.62. The first-order valence-electron chi connectivity index (χ1n) is 4.62. The summed E-state index contributed by atoms with van der Waals surface area (Å²) >= 11 is 0. The van der Waals surface area contributed by atoms with Gasteiger partial charge in [-0.3, -0.25) is 4.79 Å². The van der Waals surface area contributed by atoms with Gasteiger partial charge in [0, 0.05) is 13.1 Å². The zero-order valence-corrected chi connectivity index (χ0v) is 8.33. The van der Waals surface area contributed by atoms with Crippen molar-refractivity contribution in [3.05, 3.63) is 0 Å². The Kier molecular flexibility index (Phi) is 9.88. The summed E-state index contributed by atoms with van der Waals surface area (Å²) in [5, 5.41) is 2.83. The van der Waals surface area contributed by atoms with Gasteiger partial charge in [-0.1, -0.05) is 0 Å². The Morgan fingerprint density at radius 2 is 1.79 bits per heavy atom. The van der Waals surface area contributed by atoms with E-state index in [1.54, 1.807) is 0 Å². The summed E-state index contributed by atoms with van der Waals surface area (Å²) in [5.74, 6) is -0.365. The van der Waals surface area contributed by atoms with Crippen molar-refractivity contribution in [3.63, 3.8) is 0 Å². The van der Waals surface area contributed by atoms with Gasteiger partial charge >= 0.3 is 0 Å². The molecule has 0 aromatic carbocycles. The first-order chi connectivity index (χ1) is 6.77. The van der Waals surface area contributed by atoms with Gasteiger partial charge in [-0.15, -0.1) is 0 Å². The fourth-order valence-corrected chi connectivity index (χ4v) is 0.761. The van der Waals surface area contributed by atoms with Crippen molar-refractivity contribution in [2.45, 2.75) is 0 Å². The number of hydrogen-bond acceptors (Lipinski definition) is 5. The molecule has 0 aromatic heterocycles. The summed E-state index contributed by atoms with van der Waals surface area (Å²) < 4.78 is 10.3. The van der Waals surface area contributed by atoms with E-state index in [2.05, 4.69) is 5.32 Å². The van der Waals surface area contributed by atoms with Gasteiger partial charge < -0.3 is 26.3 Å². The minimum Gasteiger partial charge on any atom is -0.378 e. The van der Waals surface area contributed by atoms with Crippen LogP contribution in [0, 0.1) is 0 Å². The minimum absolute atomic E-state index is 0.188. The standard InChI is InChI=1S/C8H19N3O3/c9-1-3-13-5-6-14-4-2-11-7-8(10)12/h11H,1-7,9H2,(H2,10,12). The lowest BCUT2D eigenvalue weighted by Gasteiger charge is -2.05. The van der Waals surface area contributed by atoms with Gasteiger partial charge in [0.1, 0.15) is 0 Å². The van der Waals surface area contributed by atoms with E-state index in [-0.39, 0.29) is 12.5 Å². The molecule has 0 unspecified atom stereocenters. The van der Waals surface area contributed by atoms with E-state index in [0.717, 1.165) is 0 Å². The lowest BCUT2D eigenvalue weighted by atomic mass is 10.6. The van der Waals surface area contributed by atoms with Gasteiger partial charge in [0.15, 0.2) is 0 Å². The molecule has 0 saturated heterocycles. The average molecular weight is 205 g/mol. The molecule has 84 valence electrons. The van der Waals surface area contributed by atoms with Crippen LogP contribution in [0.4, 0.5) is 0 Å². The van der Waals surface area contributed by atoms with Crippen molar-refractivity contribution in [1.82, 2.24) is 5.32 Å². The Morgan fingerprint density at radius 1 is 1.14 bits per heavy atom. The maximum Gasteiger partial charge on any atom is 0.231 e. The zero-order chi connectivity index (χ0) is 10.6. The third-order valence-corrected chi connectivity index (χ3v) is 1.36. The van der Waals surface area contributed by atoms with Gasteiger partial charge in [0.2, 0.25) is 5.91 Å². The van der Waals surface area contributed by atoms with Crippen molar-refractivity contribution < 1.29 is 14.3 Å². The summed E-state index contributed by atoms with van der Waals surface area (Å²) in [5.41, 5.74) is 10.1. The molecule has 0 aliphatic carbocycles. The van der Waals surface area contributed by atoms with Crippen LogP contribution in [0.25, 0.3) is 0 Å². The number of amides is 1. The number of rotatable bonds is 10. The van der Waals surface area contributed by atoms with E-state index >= 15 is 0 Å². The SMILES string of the molecule is NCCOCCOCCNCC(N)=O. The van der Waals surface area contributed by atoms with Crippen molar-refractivity contribution >= 4 is 5.91 Å². The van der Waals surface area contributed by atoms with Gasteiger partial charge in [-0.05, 0) is 0 Å². The number of carbonyl (C=O) groups is 1. The fourth-order valence-electron chi connectivity index (χ4n) is 0.761. The molecule has 5 N–H and O–H groups in total. The fraction of sp³-hybridized carbons (Fsp3) is 0.875. The number of hydrogen-bond donors (Lipinski definition) is 3. The van der Waals surface area contributed by atoms with Crippen LogP contribution in [0.1, 0.15) is 0 Å². The van der Waals surface area contributed by atoms with E-state index in [1.165, 1.54) is 0 Å². The molecule has 0 aliphatic rings. The van der Waals surface area contributed by atoms with E-state index in [1.807, 2.05) is 0 Å². The highest BCUT2D eigenvalue weighted by Crippen LogP contribution is 1.76. The van der Waals surface area contributed by atoms with E-state index in [0.29, 0.717) is 39.5 Å². The van der Waals surface area contributed by atoms with Gasteiger partial charge in [-0.2, -0.15) is 0 Å². The Balaban J connectivity index is 2.88. The zero-order valence-electron chi connectivity index (χ0n) is 8.33. The molecule has 6 heteroatoms. The van der Waals surface area contributed by atoms with Crippen LogP contribution in [0.3, 0.4) is 0 Å². The van der Waals surface area contributed by atoms with Gasteiger partial charge in [-0.25, -0.2) is 0 Å². The van der Waals surface area contributed by atoms with Crippen LogP contribution in [0.2, 0.25) is 0 Å². The molecule has 0 rings (SSSR count). The predicted octanol–water partition coefficient (Wildman–Crippen LogP) is -1.95. The molecule has 0 spiro atoms. The Bertz CT molecular complexity index is 144. The van der Waals surface area contributed by atoms with Crippen LogP contribution in [0.5, 0.6) is 0 Å². The summed E-state index contributed by atoms with van der Waals surface area (Å²) in [7, 11) is 0. The second-order valence-corrected chi connectivity index (χ2v) is 2.66. The van der Waals surface area contributed by atoms with E-state index in [4.69, 9.17) is 20.9 Å². The number of carbonyl (C=O) groups excluding carboxylic acids is 1. The summed E-state index contributed by atoms with van der Waals surface area (Å²) in [6, 6.07) is 0. The molecule has 0 aliphatic heterocycles. The van der Waals surface area contributed by atoms with Crippen molar-refractivity contribution in [2.24, 2.45) is 11.5 Å². The third-order valence-electron chi connectivity index (χ3n) is 1.36. The third kappa shape index (κ3) is 11.3. The molecule has 14 heavy (non-hydrogen) atoms. The maximum absolute atomic E-state index is 10.3. The maximum atomic E-state index is 10.3. The number of primary amides is 1. The highest BCUT2D eigenvalue weighted by molar-refractivity contribution is 5.75. The van der Waals surface area contributed by atoms with Gasteiger partial charge in [0.05, 0.1) is 33.0 Å².